The third kappa shape index (κ3) is 3.47. The summed E-state index contributed by atoms with van der Waals surface area (Å²) in [6, 6.07) is 4.54. The number of rotatable bonds is 3. The molecule has 1 aromatic carbocycles. The number of aliphatic hydroxyl groups is 1. The molecular weight excluding hydrogens is 349 g/mol. The lowest BCUT2D eigenvalue weighted by molar-refractivity contribution is -0.137. The average Bonchev–Trinajstić information content (AvgIpc) is 2.64. The van der Waals surface area contributed by atoms with E-state index in [1.165, 1.54) is 12.1 Å². The van der Waals surface area contributed by atoms with Crippen LogP contribution in [-0.4, -0.2) is 14.9 Å². The average molecular weight is 363 g/mol. The second kappa shape index (κ2) is 5.81. The maximum atomic E-state index is 12.5. The zero-order valence-corrected chi connectivity index (χ0v) is 13.0. The summed E-state index contributed by atoms with van der Waals surface area (Å²) in [4.78, 5) is 0. The number of alkyl halides is 3. The van der Waals surface area contributed by atoms with Crippen molar-refractivity contribution in [1.82, 2.24) is 9.78 Å². The van der Waals surface area contributed by atoms with Crippen LogP contribution >= 0.6 is 15.9 Å². The summed E-state index contributed by atoms with van der Waals surface area (Å²) in [5.41, 5.74) is 1.30. The summed E-state index contributed by atoms with van der Waals surface area (Å²) >= 11 is 3.40. The zero-order valence-electron chi connectivity index (χ0n) is 11.4. The Hall–Kier alpha value is -1.34. The van der Waals surface area contributed by atoms with Crippen LogP contribution in [0.15, 0.2) is 28.7 Å². The van der Waals surface area contributed by atoms with E-state index in [2.05, 4.69) is 21.0 Å². The number of aliphatic hydroxyl groups excluding tert-OH is 1. The fourth-order valence-corrected chi connectivity index (χ4v) is 2.59. The fourth-order valence-electron chi connectivity index (χ4n) is 2.10. The minimum atomic E-state index is -4.37. The second-order valence-corrected chi connectivity index (χ2v) is 5.60. The molecule has 0 amide bonds. The maximum absolute atomic E-state index is 12.5. The largest absolute Gasteiger partial charge is 0.416 e. The summed E-state index contributed by atoms with van der Waals surface area (Å²) in [5, 5.41) is 14.4. The van der Waals surface area contributed by atoms with E-state index in [0.29, 0.717) is 5.56 Å². The van der Waals surface area contributed by atoms with Gasteiger partial charge in [-0.1, -0.05) is 12.1 Å². The van der Waals surface area contributed by atoms with E-state index in [-0.39, 0.29) is 6.42 Å². The second-order valence-electron chi connectivity index (χ2n) is 4.81. The lowest BCUT2D eigenvalue weighted by Crippen LogP contribution is -2.08. The molecule has 0 saturated carbocycles. The van der Waals surface area contributed by atoms with Crippen molar-refractivity contribution >= 4 is 15.9 Å². The van der Waals surface area contributed by atoms with Gasteiger partial charge in [-0.3, -0.25) is 4.68 Å². The maximum Gasteiger partial charge on any atom is 0.416 e. The van der Waals surface area contributed by atoms with Crippen molar-refractivity contribution in [3.63, 3.8) is 0 Å². The van der Waals surface area contributed by atoms with Gasteiger partial charge in [0.1, 0.15) is 0 Å². The number of halogens is 4. The van der Waals surface area contributed by atoms with Crippen LogP contribution in [-0.2, 0) is 19.6 Å². The van der Waals surface area contributed by atoms with E-state index in [9.17, 15) is 18.3 Å². The molecule has 3 nitrogen and oxygen atoms in total. The summed E-state index contributed by atoms with van der Waals surface area (Å²) in [6.07, 6.45) is -4.99. The van der Waals surface area contributed by atoms with Crippen molar-refractivity contribution < 1.29 is 18.3 Å². The molecule has 0 aliphatic rings. The molecule has 0 aliphatic heterocycles. The van der Waals surface area contributed by atoms with Gasteiger partial charge >= 0.3 is 6.18 Å². The summed E-state index contributed by atoms with van der Waals surface area (Å²) < 4.78 is 39.9. The Kier molecular flexibility index (Phi) is 4.43. The van der Waals surface area contributed by atoms with Crippen molar-refractivity contribution in [2.24, 2.45) is 7.05 Å². The third-order valence-corrected chi connectivity index (χ3v) is 4.30. The van der Waals surface area contributed by atoms with Crippen LogP contribution in [0.1, 0.15) is 28.6 Å². The minimum Gasteiger partial charge on any atom is -0.388 e. The first kappa shape index (κ1) is 16.0. The standard InChI is InChI=1S/C14H14BrF3N2O/c1-8-13(15)11(20(2)19-8)7-12(21)9-3-5-10(6-4-9)14(16,17)18/h3-6,12,21H,7H2,1-2H3. The van der Waals surface area contributed by atoms with Gasteiger partial charge in [0.2, 0.25) is 0 Å². The van der Waals surface area contributed by atoms with Crippen molar-refractivity contribution in [2.75, 3.05) is 0 Å². The van der Waals surface area contributed by atoms with E-state index in [1.54, 1.807) is 11.7 Å². The molecule has 0 saturated heterocycles. The predicted molar refractivity (Wildman–Crippen MR) is 75.8 cm³/mol. The van der Waals surface area contributed by atoms with E-state index in [1.807, 2.05) is 6.92 Å². The number of benzene rings is 1. The minimum absolute atomic E-state index is 0.267. The molecule has 114 valence electrons. The highest BCUT2D eigenvalue weighted by Crippen LogP contribution is 2.31. The molecule has 1 atom stereocenters. The van der Waals surface area contributed by atoms with Crippen LogP contribution in [0.5, 0.6) is 0 Å². The van der Waals surface area contributed by atoms with Crippen molar-refractivity contribution in [1.29, 1.82) is 0 Å². The first-order chi connectivity index (χ1) is 9.70. The molecule has 21 heavy (non-hydrogen) atoms. The topological polar surface area (TPSA) is 38.0 Å². The van der Waals surface area contributed by atoms with Crippen LogP contribution in [0.3, 0.4) is 0 Å². The predicted octanol–water partition coefficient (Wildman–Crippen LogP) is 3.79. The third-order valence-electron chi connectivity index (χ3n) is 3.27. The number of aryl methyl sites for hydroxylation is 2. The molecule has 1 unspecified atom stereocenters. The van der Waals surface area contributed by atoms with E-state index in [4.69, 9.17) is 0 Å². The van der Waals surface area contributed by atoms with Crippen molar-refractivity contribution in [3.05, 3.63) is 51.3 Å². The number of hydrogen-bond donors (Lipinski definition) is 1. The Morgan fingerprint density at radius 1 is 1.29 bits per heavy atom. The van der Waals surface area contributed by atoms with Crippen molar-refractivity contribution in [3.8, 4) is 0 Å². The molecule has 0 spiro atoms. The van der Waals surface area contributed by atoms with Gasteiger partial charge in [-0.25, -0.2) is 0 Å². The first-order valence-corrected chi connectivity index (χ1v) is 7.02. The van der Waals surface area contributed by atoms with Gasteiger partial charge in [-0.15, -0.1) is 0 Å². The zero-order chi connectivity index (χ0) is 15.8. The molecule has 1 aromatic heterocycles. The molecule has 0 aliphatic carbocycles. The first-order valence-electron chi connectivity index (χ1n) is 6.23. The van der Waals surface area contributed by atoms with Crippen LogP contribution in [0, 0.1) is 6.92 Å². The number of hydrogen-bond acceptors (Lipinski definition) is 2. The molecule has 0 radical (unpaired) electrons. The summed E-state index contributed by atoms with van der Waals surface area (Å²) in [6.45, 7) is 1.83. The van der Waals surface area contributed by atoms with Crippen LogP contribution in [0.2, 0.25) is 0 Å². The smallest absolute Gasteiger partial charge is 0.388 e. The summed E-state index contributed by atoms with van der Waals surface area (Å²) in [7, 11) is 1.76. The summed E-state index contributed by atoms with van der Waals surface area (Å²) in [5.74, 6) is 0. The molecule has 1 heterocycles. The van der Waals surface area contributed by atoms with Crippen molar-refractivity contribution in [2.45, 2.75) is 25.6 Å². The number of nitrogens with zero attached hydrogens (tertiary/aromatic N) is 2. The van der Waals surface area contributed by atoms with E-state index in [0.717, 1.165) is 28.0 Å². The van der Waals surface area contributed by atoms with E-state index >= 15 is 0 Å². The van der Waals surface area contributed by atoms with Gasteiger partial charge < -0.3 is 5.11 Å². The molecule has 7 heteroatoms. The van der Waals surface area contributed by atoms with Crippen LogP contribution < -0.4 is 0 Å². The van der Waals surface area contributed by atoms with Gasteiger partial charge in [-0.05, 0) is 40.5 Å². The molecule has 0 bridgehead atoms. The Morgan fingerprint density at radius 3 is 2.29 bits per heavy atom. The van der Waals surface area contributed by atoms with Crippen LogP contribution in [0.25, 0.3) is 0 Å². The Balaban J connectivity index is 2.19. The normalized spacial score (nSPS) is 13.5. The van der Waals surface area contributed by atoms with Gasteiger partial charge in [0.05, 0.1) is 27.5 Å². The molecule has 1 N–H and O–H groups in total. The van der Waals surface area contributed by atoms with Gasteiger partial charge in [0.15, 0.2) is 0 Å². The molecule has 2 aromatic rings. The Morgan fingerprint density at radius 2 is 1.86 bits per heavy atom. The molecular formula is C14H14BrF3N2O. The lowest BCUT2D eigenvalue weighted by Gasteiger charge is -2.13. The van der Waals surface area contributed by atoms with Gasteiger partial charge in [0, 0.05) is 13.5 Å². The highest BCUT2D eigenvalue weighted by Gasteiger charge is 2.30. The highest BCUT2D eigenvalue weighted by atomic mass is 79.9. The fraction of sp³-hybridized carbons (Fsp3) is 0.357. The Bertz CT molecular complexity index is 635. The number of aromatic nitrogens is 2. The van der Waals surface area contributed by atoms with E-state index < -0.39 is 17.8 Å². The quantitative estimate of drug-likeness (QED) is 0.901. The van der Waals surface area contributed by atoms with Gasteiger partial charge in [0.25, 0.3) is 0 Å². The Labute approximate surface area is 128 Å². The van der Waals surface area contributed by atoms with Crippen LogP contribution in [0.4, 0.5) is 13.2 Å². The van der Waals surface area contributed by atoms with Gasteiger partial charge in [-0.2, -0.15) is 18.3 Å². The lowest BCUT2D eigenvalue weighted by atomic mass is 10.0. The molecule has 0 fully saturated rings. The monoisotopic (exact) mass is 362 g/mol. The highest BCUT2D eigenvalue weighted by molar-refractivity contribution is 9.10. The molecule has 2 rings (SSSR count). The SMILES string of the molecule is Cc1nn(C)c(CC(O)c2ccc(C(F)(F)F)cc2)c1Br.